The highest BCUT2D eigenvalue weighted by molar-refractivity contribution is 7.17. The maximum Gasteiger partial charge on any atom is 0.303 e. The second kappa shape index (κ2) is 8.14. The molecule has 1 aromatic heterocycles. The van der Waals surface area contributed by atoms with Crippen LogP contribution in [0.3, 0.4) is 0 Å². The molecule has 4 N–H and O–H groups in total. The van der Waals surface area contributed by atoms with Gasteiger partial charge in [-0.1, -0.05) is 43.2 Å². The van der Waals surface area contributed by atoms with E-state index in [9.17, 15) is 19.5 Å². The lowest BCUT2D eigenvalue weighted by atomic mass is 9.79. The molecule has 0 radical (unpaired) electrons. The number of carboxylic acids is 1. The summed E-state index contributed by atoms with van der Waals surface area (Å²) >= 11 is 1.31. The molecule has 7 heteroatoms. The molecule has 0 saturated heterocycles. The summed E-state index contributed by atoms with van der Waals surface area (Å²) < 4.78 is 0. The van der Waals surface area contributed by atoms with Gasteiger partial charge in [0, 0.05) is 16.9 Å². The van der Waals surface area contributed by atoms with Crippen LogP contribution in [-0.4, -0.2) is 22.9 Å². The third-order valence-corrected chi connectivity index (χ3v) is 6.39. The molecule has 2 aromatic rings. The lowest BCUT2D eigenvalue weighted by Crippen LogP contribution is -2.28. The molecule has 6 nitrogen and oxygen atoms in total. The van der Waals surface area contributed by atoms with E-state index in [0.717, 1.165) is 41.7 Å². The van der Waals surface area contributed by atoms with E-state index in [1.165, 1.54) is 11.3 Å². The Balaban J connectivity index is 1.87. The average molecular weight is 401 g/mol. The van der Waals surface area contributed by atoms with Crippen LogP contribution in [0.5, 0.6) is 0 Å². The molecule has 3 rings (SSSR count). The zero-order valence-electron chi connectivity index (χ0n) is 15.8. The number of nitrogens with one attached hydrogen (secondary N) is 1. The van der Waals surface area contributed by atoms with Crippen molar-refractivity contribution in [3.63, 3.8) is 0 Å². The van der Waals surface area contributed by atoms with Gasteiger partial charge in [-0.2, -0.15) is 0 Å². The second-order valence-electron chi connectivity index (χ2n) is 7.47. The Kier molecular flexibility index (Phi) is 5.84. The number of nitrogens with two attached hydrogens (primary N) is 1. The van der Waals surface area contributed by atoms with E-state index in [-0.39, 0.29) is 18.7 Å². The number of hydrogen-bond acceptors (Lipinski definition) is 4. The average Bonchev–Trinajstić information content (AvgIpc) is 3.19. The van der Waals surface area contributed by atoms with Gasteiger partial charge >= 0.3 is 5.97 Å². The van der Waals surface area contributed by atoms with E-state index in [1.54, 1.807) is 0 Å². The standard InChI is InChI=1S/C21H24N2O4S/c1-13-17(14-7-3-2-4-8-14)18(19(22)27)20(28-13)23-15(24)11-21(12-16(25)26)9-5-6-10-21/h2-4,7-8H,5-6,9-12H2,1H3,(H2,22,27)(H,23,24)(H,25,26). The number of aliphatic carboxylic acids is 1. The van der Waals surface area contributed by atoms with Crippen molar-refractivity contribution < 1.29 is 19.5 Å². The van der Waals surface area contributed by atoms with Crippen LogP contribution in [0, 0.1) is 12.3 Å². The summed E-state index contributed by atoms with van der Waals surface area (Å²) in [6, 6.07) is 9.44. The molecule has 1 aliphatic rings. The lowest BCUT2D eigenvalue weighted by molar-refractivity contribution is -0.140. The van der Waals surface area contributed by atoms with E-state index in [1.807, 2.05) is 37.3 Å². The fraction of sp³-hybridized carbons (Fsp3) is 0.381. The van der Waals surface area contributed by atoms with Gasteiger partial charge in [0.15, 0.2) is 0 Å². The monoisotopic (exact) mass is 400 g/mol. The molecule has 0 unspecified atom stereocenters. The smallest absolute Gasteiger partial charge is 0.303 e. The van der Waals surface area contributed by atoms with Crippen molar-refractivity contribution in [3.05, 3.63) is 40.8 Å². The number of primary amides is 1. The molecule has 1 saturated carbocycles. The molecular formula is C21H24N2O4S. The molecule has 0 aliphatic heterocycles. The van der Waals surface area contributed by atoms with Gasteiger partial charge in [-0.3, -0.25) is 14.4 Å². The number of rotatable bonds is 7. The Labute approximate surface area is 167 Å². The van der Waals surface area contributed by atoms with Gasteiger partial charge in [0.1, 0.15) is 5.00 Å². The Morgan fingerprint density at radius 1 is 1.14 bits per heavy atom. The first-order chi connectivity index (χ1) is 13.3. The van der Waals surface area contributed by atoms with Crippen molar-refractivity contribution in [2.75, 3.05) is 5.32 Å². The second-order valence-corrected chi connectivity index (χ2v) is 8.69. The van der Waals surface area contributed by atoms with E-state index in [0.29, 0.717) is 10.6 Å². The third kappa shape index (κ3) is 4.25. The van der Waals surface area contributed by atoms with Crippen LogP contribution in [0.1, 0.15) is 53.8 Å². The molecule has 0 spiro atoms. The number of aryl methyl sites for hydroxylation is 1. The first-order valence-electron chi connectivity index (χ1n) is 9.31. The van der Waals surface area contributed by atoms with Crippen molar-refractivity contribution in [1.82, 2.24) is 0 Å². The molecule has 0 atom stereocenters. The topological polar surface area (TPSA) is 109 Å². The SMILES string of the molecule is Cc1sc(NC(=O)CC2(CC(=O)O)CCCC2)c(C(N)=O)c1-c1ccccc1. The number of anilines is 1. The van der Waals surface area contributed by atoms with Gasteiger partial charge in [-0.25, -0.2) is 0 Å². The number of hydrogen-bond donors (Lipinski definition) is 3. The van der Waals surface area contributed by atoms with Gasteiger partial charge in [-0.05, 0) is 30.7 Å². The molecule has 1 aliphatic carbocycles. The quantitative estimate of drug-likeness (QED) is 0.647. The minimum absolute atomic E-state index is 0.0121. The zero-order valence-corrected chi connectivity index (χ0v) is 16.6. The van der Waals surface area contributed by atoms with Crippen LogP contribution in [0.15, 0.2) is 30.3 Å². The summed E-state index contributed by atoms with van der Waals surface area (Å²) in [6.07, 6.45) is 3.45. The summed E-state index contributed by atoms with van der Waals surface area (Å²) in [5.74, 6) is -1.75. The molecular weight excluding hydrogens is 376 g/mol. The number of thiophene rings is 1. The molecule has 1 fully saturated rings. The summed E-state index contributed by atoms with van der Waals surface area (Å²) in [6.45, 7) is 1.89. The maximum atomic E-state index is 12.7. The number of benzene rings is 1. The van der Waals surface area contributed by atoms with Gasteiger partial charge < -0.3 is 16.2 Å². The van der Waals surface area contributed by atoms with Gasteiger partial charge in [0.2, 0.25) is 5.91 Å². The minimum Gasteiger partial charge on any atom is -0.481 e. The van der Waals surface area contributed by atoms with Crippen molar-refractivity contribution in [1.29, 1.82) is 0 Å². The number of carbonyl (C=O) groups is 3. The van der Waals surface area contributed by atoms with Crippen molar-refractivity contribution in [2.45, 2.75) is 45.4 Å². The summed E-state index contributed by atoms with van der Waals surface area (Å²) in [5, 5.41) is 12.5. The maximum absolute atomic E-state index is 12.7. The normalized spacial score (nSPS) is 15.3. The highest BCUT2D eigenvalue weighted by Crippen LogP contribution is 2.45. The van der Waals surface area contributed by atoms with Gasteiger partial charge in [-0.15, -0.1) is 11.3 Å². The fourth-order valence-electron chi connectivity index (χ4n) is 4.19. The van der Waals surface area contributed by atoms with Gasteiger partial charge in [0.25, 0.3) is 5.91 Å². The Bertz CT molecular complexity index is 899. The van der Waals surface area contributed by atoms with E-state index >= 15 is 0 Å². The molecule has 0 bridgehead atoms. The molecule has 148 valence electrons. The van der Waals surface area contributed by atoms with Crippen molar-refractivity contribution >= 4 is 34.1 Å². The number of carboxylic acid groups (broad SMARTS) is 1. The molecule has 28 heavy (non-hydrogen) atoms. The lowest BCUT2D eigenvalue weighted by Gasteiger charge is -2.26. The Morgan fingerprint density at radius 2 is 1.79 bits per heavy atom. The Morgan fingerprint density at radius 3 is 2.36 bits per heavy atom. The van der Waals surface area contributed by atoms with Crippen molar-refractivity contribution in [2.24, 2.45) is 11.1 Å². The highest BCUT2D eigenvalue weighted by Gasteiger charge is 2.38. The first-order valence-corrected chi connectivity index (χ1v) is 10.1. The third-order valence-electron chi connectivity index (χ3n) is 5.37. The van der Waals surface area contributed by atoms with Crippen LogP contribution >= 0.6 is 11.3 Å². The Hall–Kier alpha value is -2.67. The van der Waals surface area contributed by atoms with Crippen LogP contribution in [0.2, 0.25) is 0 Å². The summed E-state index contributed by atoms with van der Waals surface area (Å²) in [5.41, 5.74) is 7.04. The highest BCUT2D eigenvalue weighted by atomic mass is 32.1. The predicted molar refractivity (Wildman–Crippen MR) is 109 cm³/mol. The first kappa shape index (κ1) is 20.1. The van der Waals surface area contributed by atoms with Crippen LogP contribution in [-0.2, 0) is 9.59 Å². The van der Waals surface area contributed by atoms with E-state index in [4.69, 9.17) is 5.73 Å². The fourth-order valence-corrected chi connectivity index (χ4v) is 5.29. The minimum atomic E-state index is -0.883. The van der Waals surface area contributed by atoms with Crippen LogP contribution in [0.4, 0.5) is 5.00 Å². The van der Waals surface area contributed by atoms with Crippen LogP contribution in [0.25, 0.3) is 11.1 Å². The van der Waals surface area contributed by atoms with Gasteiger partial charge in [0.05, 0.1) is 12.0 Å². The molecule has 2 amide bonds. The predicted octanol–water partition coefficient (Wildman–Crippen LogP) is 4.19. The largest absolute Gasteiger partial charge is 0.481 e. The van der Waals surface area contributed by atoms with Crippen molar-refractivity contribution in [3.8, 4) is 11.1 Å². The summed E-state index contributed by atoms with van der Waals surface area (Å²) in [7, 11) is 0. The molecule has 1 heterocycles. The van der Waals surface area contributed by atoms with Crippen LogP contribution < -0.4 is 11.1 Å². The molecule has 1 aromatic carbocycles. The van der Waals surface area contributed by atoms with E-state index in [2.05, 4.69) is 5.32 Å². The number of amides is 2. The zero-order chi connectivity index (χ0) is 20.3. The summed E-state index contributed by atoms with van der Waals surface area (Å²) in [4.78, 5) is 37.0. The van der Waals surface area contributed by atoms with E-state index < -0.39 is 17.3 Å². The number of carbonyl (C=O) groups excluding carboxylic acids is 2.